The summed E-state index contributed by atoms with van der Waals surface area (Å²) in [7, 11) is 0. The maximum Gasteiger partial charge on any atom is 0.163 e. The van der Waals surface area contributed by atoms with Gasteiger partial charge in [0.05, 0.1) is 17.3 Å². The second kappa shape index (κ2) is 8.56. The van der Waals surface area contributed by atoms with Crippen LogP contribution >= 0.6 is 11.3 Å². The third kappa shape index (κ3) is 3.84. The number of aromatic nitrogens is 3. The molecule has 1 aliphatic heterocycles. The number of unbranched alkanes of at least 4 members (excludes halogenated alkanes) is 1. The Morgan fingerprint density at radius 3 is 2.61 bits per heavy atom. The van der Waals surface area contributed by atoms with E-state index in [2.05, 4.69) is 41.6 Å². The SMILES string of the molecule is CCCCC(=O)C[C@@H]1N=C(c2ccc(C#N)cc2)c2c(sc(C)c2C)-n2c(C)nnc21. The maximum atomic E-state index is 12.7. The molecule has 1 aromatic carbocycles. The van der Waals surface area contributed by atoms with Crippen molar-refractivity contribution in [1.29, 1.82) is 5.26 Å². The molecular weight excluding hydrogens is 406 g/mol. The number of Topliss-reactive ketones (excluding diaryl/α,β-unsaturated/α-hetero) is 1. The van der Waals surface area contributed by atoms with Crippen LogP contribution in [0.25, 0.3) is 5.00 Å². The number of carbonyl (C=O) groups is 1. The molecule has 6 nitrogen and oxygen atoms in total. The second-order valence-electron chi connectivity index (χ2n) is 7.93. The molecule has 1 aliphatic rings. The average molecular weight is 432 g/mol. The van der Waals surface area contributed by atoms with Gasteiger partial charge in [-0.25, -0.2) is 0 Å². The molecule has 158 valence electrons. The van der Waals surface area contributed by atoms with E-state index in [4.69, 9.17) is 4.99 Å². The highest BCUT2D eigenvalue weighted by Gasteiger charge is 2.32. The van der Waals surface area contributed by atoms with Gasteiger partial charge in [-0.3, -0.25) is 14.4 Å². The summed E-state index contributed by atoms with van der Waals surface area (Å²) in [5, 5.41) is 19.0. The summed E-state index contributed by atoms with van der Waals surface area (Å²) in [6.45, 7) is 8.24. The fourth-order valence-corrected chi connectivity index (χ4v) is 5.13. The summed E-state index contributed by atoms with van der Waals surface area (Å²) in [4.78, 5) is 19.0. The summed E-state index contributed by atoms with van der Waals surface area (Å²) in [6, 6.07) is 9.26. The number of ketones is 1. The Hall–Kier alpha value is -3.11. The molecule has 3 aromatic rings. The molecule has 4 rings (SSSR count). The number of aryl methyl sites for hydroxylation is 2. The molecule has 0 spiro atoms. The van der Waals surface area contributed by atoms with E-state index >= 15 is 0 Å². The van der Waals surface area contributed by atoms with Gasteiger partial charge in [0.25, 0.3) is 0 Å². The number of benzene rings is 1. The standard InChI is InChI=1S/C24H25N5OS/c1-5-6-7-19(30)12-20-23-28-27-16(4)29(23)24-21(14(2)15(3)31-24)22(26-20)18-10-8-17(13-25)9-11-18/h8-11,20H,5-7,12H2,1-4H3/t20-/m0/s1. The summed E-state index contributed by atoms with van der Waals surface area (Å²) >= 11 is 1.70. The lowest BCUT2D eigenvalue weighted by molar-refractivity contribution is -0.119. The quantitative estimate of drug-likeness (QED) is 0.539. The molecule has 7 heteroatoms. The van der Waals surface area contributed by atoms with Gasteiger partial charge in [0.1, 0.15) is 22.7 Å². The first-order valence-electron chi connectivity index (χ1n) is 10.6. The highest BCUT2D eigenvalue weighted by molar-refractivity contribution is 7.15. The zero-order valence-corrected chi connectivity index (χ0v) is 19.1. The minimum atomic E-state index is -0.393. The molecule has 0 N–H and O–H groups in total. The molecule has 31 heavy (non-hydrogen) atoms. The number of fused-ring (bicyclic) bond motifs is 3. The van der Waals surface area contributed by atoms with Crippen molar-refractivity contribution in [3.8, 4) is 11.1 Å². The molecule has 0 fully saturated rings. The van der Waals surface area contributed by atoms with E-state index in [1.165, 1.54) is 10.4 Å². The summed E-state index contributed by atoms with van der Waals surface area (Å²) in [5.74, 6) is 1.70. The van der Waals surface area contributed by atoms with Gasteiger partial charge >= 0.3 is 0 Å². The normalized spacial score (nSPS) is 14.9. The van der Waals surface area contributed by atoms with Crippen molar-refractivity contribution in [1.82, 2.24) is 14.8 Å². The van der Waals surface area contributed by atoms with Crippen molar-refractivity contribution >= 4 is 22.8 Å². The molecular formula is C24H25N5OS. The van der Waals surface area contributed by atoms with Gasteiger partial charge in [-0.15, -0.1) is 21.5 Å². The van der Waals surface area contributed by atoms with Gasteiger partial charge < -0.3 is 0 Å². The van der Waals surface area contributed by atoms with E-state index in [9.17, 15) is 10.1 Å². The lowest BCUT2D eigenvalue weighted by atomic mass is 9.98. The third-order valence-corrected chi connectivity index (χ3v) is 6.95. The number of hydrogen-bond donors (Lipinski definition) is 0. The van der Waals surface area contributed by atoms with Gasteiger partial charge in [0, 0.05) is 28.8 Å². The highest BCUT2D eigenvalue weighted by Crippen LogP contribution is 2.39. The number of aliphatic imine (C=N–C) groups is 1. The van der Waals surface area contributed by atoms with Crippen LogP contribution in [0.1, 0.15) is 77.4 Å². The highest BCUT2D eigenvalue weighted by atomic mass is 32.1. The van der Waals surface area contributed by atoms with Crippen LogP contribution in [-0.4, -0.2) is 26.3 Å². The van der Waals surface area contributed by atoms with Crippen molar-refractivity contribution in [2.45, 2.75) is 59.4 Å². The van der Waals surface area contributed by atoms with Gasteiger partial charge in [-0.2, -0.15) is 5.26 Å². The second-order valence-corrected chi connectivity index (χ2v) is 9.14. The Morgan fingerprint density at radius 2 is 1.94 bits per heavy atom. The Balaban J connectivity index is 1.91. The first-order valence-corrected chi connectivity index (χ1v) is 11.4. The zero-order valence-electron chi connectivity index (χ0n) is 18.3. The first kappa shape index (κ1) is 21.1. The number of carbonyl (C=O) groups excluding carboxylic acids is 1. The molecule has 3 heterocycles. The molecule has 1 atom stereocenters. The van der Waals surface area contributed by atoms with E-state index in [1.54, 1.807) is 11.3 Å². The van der Waals surface area contributed by atoms with Gasteiger partial charge in [0.15, 0.2) is 5.82 Å². The lowest BCUT2D eigenvalue weighted by Crippen LogP contribution is -2.11. The van der Waals surface area contributed by atoms with E-state index in [-0.39, 0.29) is 5.78 Å². The van der Waals surface area contributed by atoms with Crippen LogP contribution < -0.4 is 0 Å². The van der Waals surface area contributed by atoms with E-state index in [1.807, 2.05) is 31.2 Å². The molecule has 0 bridgehead atoms. The van der Waals surface area contributed by atoms with Crippen LogP contribution in [0.15, 0.2) is 29.3 Å². The van der Waals surface area contributed by atoms with Crippen LogP contribution in [0, 0.1) is 32.1 Å². The van der Waals surface area contributed by atoms with Gasteiger partial charge in [-0.1, -0.05) is 25.5 Å². The zero-order chi connectivity index (χ0) is 22.1. The molecule has 2 aromatic heterocycles. The Bertz CT molecular complexity index is 1210. The van der Waals surface area contributed by atoms with Crippen LogP contribution in [0.3, 0.4) is 0 Å². The first-order chi connectivity index (χ1) is 14.9. The van der Waals surface area contributed by atoms with Crippen LogP contribution in [0.5, 0.6) is 0 Å². The smallest absolute Gasteiger partial charge is 0.163 e. The van der Waals surface area contributed by atoms with E-state index in [0.717, 1.165) is 40.5 Å². The summed E-state index contributed by atoms with van der Waals surface area (Å²) < 4.78 is 2.07. The molecule has 0 amide bonds. The number of hydrogen-bond acceptors (Lipinski definition) is 6. The fourth-order valence-electron chi connectivity index (χ4n) is 3.92. The minimum Gasteiger partial charge on any atom is -0.300 e. The largest absolute Gasteiger partial charge is 0.300 e. The van der Waals surface area contributed by atoms with Crippen LogP contribution in [0.2, 0.25) is 0 Å². The predicted molar refractivity (Wildman–Crippen MR) is 122 cm³/mol. The topological polar surface area (TPSA) is 83.9 Å². The number of thiophene rings is 1. The Labute approximate surface area is 186 Å². The van der Waals surface area contributed by atoms with Crippen molar-refractivity contribution in [3.05, 3.63) is 63.0 Å². The summed E-state index contributed by atoms with van der Waals surface area (Å²) in [6.07, 6.45) is 2.74. The predicted octanol–water partition coefficient (Wildman–Crippen LogP) is 5.17. The molecule has 0 unspecified atom stereocenters. The lowest BCUT2D eigenvalue weighted by Gasteiger charge is -2.12. The third-order valence-electron chi connectivity index (χ3n) is 5.76. The molecule has 0 saturated carbocycles. The van der Waals surface area contributed by atoms with Crippen LogP contribution in [-0.2, 0) is 4.79 Å². The average Bonchev–Trinajstić information content (AvgIpc) is 3.24. The Morgan fingerprint density at radius 1 is 1.19 bits per heavy atom. The maximum absolute atomic E-state index is 12.7. The van der Waals surface area contributed by atoms with Crippen molar-refractivity contribution < 1.29 is 4.79 Å². The van der Waals surface area contributed by atoms with Crippen molar-refractivity contribution in [3.63, 3.8) is 0 Å². The number of nitriles is 1. The van der Waals surface area contributed by atoms with E-state index in [0.29, 0.717) is 24.2 Å². The monoisotopic (exact) mass is 431 g/mol. The fraction of sp³-hybridized carbons (Fsp3) is 0.375. The molecule has 0 aliphatic carbocycles. The van der Waals surface area contributed by atoms with E-state index < -0.39 is 6.04 Å². The Kier molecular flexibility index (Phi) is 5.84. The number of rotatable bonds is 6. The van der Waals surface area contributed by atoms with Gasteiger partial charge in [-0.05, 0) is 44.9 Å². The van der Waals surface area contributed by atoms with Gasteiger partial charge in [0.2, 0.25) is 0 Å². The molecule has 0 radical (unpaired) electrons. The van der Waals surface area contributed by atoms with Crippen LogP contribution in [0.4, 0.5) is 0 Å². The van der Waals surface area contributed by atoms with Crippen molar-refractivity contribution in [2.75, 3.05) is 0 Å². The summed E-state index contributed by atoms with van der Waals surface area (Å²) in [5.41, 5.74) is 4.61. The molecule has 0 saturated heterocycles. The van der Waals surface area contributed by atoms with Crippen molar-refractivity contribution in [2.24, 2.45) is 4.99 Å². The number of nitrogens with zero attached hydrogens (tertiary/aromatic N) is 5. The minimum absolute atomic E-state index is 0.195.